The van der Waals surface area contributed by atoms with Gasteiger partial charge in [0.2, 0.25) is 0 Å². The number of likely N-dealkylation sites (tertiary alicyclic amines) is 1. The maximum atomic E-state index is 12.0. The van der Waals surface area contributed by atoms with Crippen LogP contribution in [0, 0.1) is 0 Å². The largest absolute Gasteiger partial charge is 0.481 e. The molecule has 0 aromatic carbocycles. The number of ether oxygens (including phenoxy) is 2. The number of carbonyl (C=O) groups excluding carboxylic acids is 1. The van der Waals surface area contributed by atoms with Gasteiger partial charge in [0.1, 0.15) is 5.60 Å². The highest BCUT2D eigenvalue weighted by molar-refractivity contribution is 5.68. The molecule has 1 unspecified atom stereocenters. The number of carboxylic acid groups (broad SMARTS) is 1. The lowest BCUT2D eigenvalue weighted by atomic mass is 9.89. The van der Waals surface area contributed by atoms with Crippen LogP contribution in [0.25, 0.3) is 0 Å². The zero-order valence-corrected chi connectivity index (χ0v) is 14.8. The van der Waals surface area contributed by atoms with Crippen molar-refractivity contribution in [1.29, 1.82) is 0 Å². The fraction of sp³-hybridized carbons (Fsp3) is 0.875. The molecule has 0 aliphatic carbocycles. The van der Waals surface area contributed by atoms with Crippen molar-refractivity contribution < 1.29 is 24.2 Å². The van der Waals surface area contributed by atoms with Crippen molar-refractivity contribution in [2.24, 2.45) is 0 Å². The topological polar surface area (TPSA) is 88.1 Å². The van der Waals surface area contributed by atoms with E-state index in [1.165, 1.54) is 0 Å². The van der Waals surface area contributed by atoms with E-state index in [1.807, 2.05) is 20.8 Å². The lowest BCUT2D eigenvalue weighted by molar-refractivity contribution is -0.135. The van der Waals surface area contributed by atoms with Crippen LogP contribution in [0.5, 0.6) is 0 Å². The Bertz CT molecular complexity index is 407. The average Bonchev–Trinajstić information content (AvgIpc) is 2.36. The Morgan fingerprint density at radius 1 is 1.30 bits per heavy atom. The van der Waals surface area contributed by atoms with Gasteiger partial charge in [-0.2, -0.15) is 0 Å². The van der Waals surface area contributed by atoms with Crippen LogP contribution in [0.1, 0.15) is 47.5 Å². The minimum absolute atomic E-state index is 0.0871. The molecule has 2 N–H and O–H groups in total. The number of rotatable bonds is 0. The van der Waals surface area contributed by atoms with Gasteiger partial charge in [-0.15, -0.1) is 0 Å². The van der Waals surface area contributed by atoms with E-state index in [4.69, 9.17) is 19.4 Å². The fourth-order valence-electron chi connectivity index (χ4n) is 2.73. The summed E-state index contributed by atoms with van der Waals surface area (Å²) in [5.74, 6) is -0.833. The molecule has 23 heavy (non-hydrogen) atoms. The van der Waals surface area contributed by atoms with E-state index in [0.29, 0.717) is 13.1 Å². The summed E-state index contributed by atoms with van der Waals surface area (Å²) < 4.78 is 11.5. The molecule has 2 aliphatic heterocycles. The van der Waals surface area contributed by atoms with Crippen LogP contribution in [0.2, 0.25) is 0 Å². The Morgan fingerprint density at radius 2 is 1.83 bits per heavy atom. The summed E-state index contributed by atoms with van der Waals surface area (Å²) in [6, 6.07) is 0. The maximum Gasteiger partial charge on any atom is 0.410 e. The second-order valence-electron chi connectivity index (χ2n) is 7.23. The number of hydrogen-bond acceptors (Lipinski definition) is 5. The third-order valence-corrected chi connectivity index (χ3v) is 3.66. The molecule has 2 fully saturated rings. The molecule has 1 atom stereocenters. The molecule has 2 rings (SSSR count). The first-order valence-electron chi connectivity index (χ1n) is 8.09. The first-order chi connectivity index (χ1) is 10.5. The van der Waals surface area contributed by atoms with E-state index in [0.717, 1.165) is 32.9 Å². The van der Waals surface area contributed by atoms with Crippen LogP contribution in [-0.2, 0) is 14.3 Å². The Morgan fingerprint density at radius 3 is 2.26 bits per heavy atom. The van der Waals surface area contributed by atoms with Crippen LogP contribution < -0.4 is 5.32 Å². The number of aliphatic carboxylic acids is 1. The SMILES string of the molecule is CC(=O)O.CC1CNCC2(CCN(C(=O)OC(C)(C)C)CC2)O1. The summed E-state index contributed by atoms with van der Waals surface area (Å²) >= 11 is 0. The molecule has 0 radical (unpaired) electrons. The minimum Gasteiger partial charge on any atom is -0.481 e. The summed E-state index contributed by atoms with van der Waals surface area (Å²) in [6.07, 6.45) is 1.80. The van der Waals surface area contributed by atoms with Gasteiger partial charge in [-0.05, 0) is 40.5 Å². The number of carbonyl (C=O) groups is 2. The summed E-state index contributed by atoms with van der Waals surface area (Å²) in [6.45, 7) is 12.1. The van der Waals surface area contributed by atoms with Crippen LogP contribution in [0.3, 0.4) is 0 Å². The van der Waals surface area contributed by atoms with Crippen LogP contribution in [0.4, 0.5) is 4.79 Å². The van der Waals surface area contributed by atoms with Gasteiger partial charge < -0.3 is 24.8 Å². The minimum atomic E-state index is -0.833. The highest BCUT2D eigenvalue weighted by Crippen LogP contribution is 2.29. The summed E-state index contributed by atoms with van der Waals surface area (Å²) in [7, 11) is 0. The van der Waals surface area contributed by atoms with Gasteiger partial charge in [0.05, 0.1) is 11.7 Å². The fourth-order valence-corrected chi connectivity index (χ4v) is 2.73. The highest BCUT2D eigenvalue weighted by atomic mass is 16.6. The van der Waals surface area contributed by atoms with Crippen molar-refractivity contribution in [3.05, 3.63) is 0 Å². The number of hydrogen-bond donors (Lipinski definition) is 2. The van der Waals surface area contributed by atoms with Gasteiger partial charge >= 0.3 is 6.09 Å². The van der Waals surface area contributed by atoms with Crippen LogP contribution in [-0.4, -0.2) is 65.6 Å². The van der Waals surface area contributed by atoms with E-state index >= 15 is 0 Å². The molecule has 7 nitrogen and oxygen atoms in total. The maximum absolute atomic E-state index is 12.0. The number of morpholine rings is 1. The lowest BCUT2D eigenvalue weighted by Crippen LogP contribution is -2.58. The van der Waals surface area contributed by atoms with Crippen molar-refractivity contribution in [2.45, 2.75) is 64.8 Å². The van der Waals surface area contributed by atoms with Gasteiger partial charge in [-0.3, -0.25) is 4.79 Å². The van der Waals surface area contributed by atoms with E-state index in [9.17, 15) is 4.79 Å². The van der Waals surface area contributed by atoms with Gasteiger partial charge in [0.25, 0.3) is 5.97 Å². The second kappa shape index (κ2) is 7.97. The molecule has 0 aromatic heterocycles. The lowest BCUT2D eigenvalue weighted by Gasteiger charge is -2.46. The number of carboxylic acids is 1. The predicted octanol–water partition coefficient (Wildman–Crippen LogP) is 1.86. The molecule has 0 aromatic rings. The monoisotopic (exact) mass is 330 g/mol. The van der Waals surface area contributed by atoms with Crippen molar-refractivity contribution in [1.82, 2.24) is 10.2 Å². The third-order valence-electron chi connectivity index (χ3n) is 3.66. The van der Waals surface area contributed by atoms with Crippen LogP contribution >= 0.6 is 0 Å². The normalized spacial score (nSPS) is 23.7. The number of nitrogens with zero attached hydrogens (tertiary/aromatic N) is 1. The number of amides is 1. The first-order valence-corrected chi connectivity index (χ1v) is 8.09. The second-order valence-corrected chi connectivity index (χ2v) is 7.23. The third kappa shape index (κ3) is 7.18. The van der Waals surface area contributed by atoms with Crippen LogP contribution in [0.15, 0.2) is 0 Å². The molecular weight excluding hydrogens is 300 g/mol. The van der Waals surface area contributed by atoms with Gasteiger partial charge in [-0.25, -0.2) is 4.79 Å². The van der Waals surface area contributed by atoms with Crippen molar-refractivity contribution >= 4 is 12.1 Å². The Balaban J connectivity index is 0.000000593. The summed E-state index contributed by atoms with van der Waals surface area (Å²) in [4.78, 5) is 22.8. The Hall–Kier alpha value is -1.34. The van der Waals surface area contributed by atoms with E-state index in [-0.39, 0.29) is 17.8 Å². The molecule has 0 bridgehead atoms. The smallest absolute Gasteiger partial charge is 0.410 e. The average molecular weight is 330 g/mol. The Kier molecular flexibility index (Phi) is 6.83. The number of piperidine rings is 1. The molecule has 2 saturated heterocycles. The number of nitrogens with one attached hydrogen (secondary N) is 1. The van der Waals surface area contributed by atoms with Gasteiger partial charge in [0, 0.05) is 33.1 Å². The standard InChI is InChI=1S/C14H26N2O3.C2H4O2/c1-11-9-15-10-14(18-11)5-7-16(8-6-14)12(17)19-13(2,3)4;1-2(3)4/h11,15H,5-10H2,1-4H3;1H3,(H,3,4). The summed E-state index contributed by atoms with van der Waals surface area (Å²) in [5, 5.41) is 10.8. The molecule has 134 valence electrons. The first kappa shape index (κ1) is 19.7. The van der Waals surface area contributed by atoms with E-state index in [1.54, 1.807) is 4.90 Å². The van der Waals surface area contributed by atoms with Gasteiger partial charge in [-0.1, -0.05) is 0 Å². The van der Waals surface area contributed by atoms with E-state index in [2.05, 4.69) is 12.2 Å². The molecule has 0 saturated carbocycles. The molecule has 1 amide bonds. The molecule has 2 heterocycles. The van der Waals surface area contributed by atoms with Crippen molar-refractivity contribution in [3.8, 4) is 0 Å². The zero-order chi connectivity index (χ0) is 17.7. The van der Waals surface area contributed by atoms with Gasteiger partial charge in [0.15, 0.2) is 0 Å². The highest BCUT2D eigenvalue weighted by Gasteiger charge is 2.40. The Labute approximate surface area is 138 Å². The summed E-state index contributed by atoms with van der Waals surface area (Å²) in [5.41, 5.74) is -0.514. The molecule has 7 heteroatoms. The molecule has 1 spiro atoms. The van der Waals surface area contributed by atoms with Crippen molar-refractivity contribution in [2.75, 3.05) is 26.2 Å². The van der Waals surface area contributed by atoms with Crippen molar-refractivity contribution in [3.63, 3.8) is 0 Å². The predicted molar refractivity (Wildman–Crippen MR) is 86.5 cm³/mol. The quantitative estimate of drug-likeness (QED) is 0.705. The van der Waals surface area contributed by atoms with E-state index < -0.39 is 11.6 Å². The molecule has 2 aliphatic rings. The zero-order valence-electron chi connectivity index (χ0n) is 14.8. The molecular formula is C16H30N2O5.